The van der Waals surface area contributed by atoms with E-state index >= 15 is 0 Å². The van der Waals surface area contributed by atoms with Crippen molar-refractivity contribution in [1.29, 1.82) is 0 Å². The number of carbonyl (C=O) groups is 3. The molecular formula is C17H15Cl2N3O4. The molecule has 0 unspecified atom stereocenters. The number of hydrogen-bond acceptors (Lipinski definition) is 5. The molecule has 3 amide bonds. The summed E-state index contributed by atoms with van der Waals surface area (Å²) < 4.78 is 4.80. The van der Waals surface area contributed by atoms with Gasteiger partial charge in [-0.3, -0.25) is 10.1 Å². The molecule has 0 bridgehead atoms. The van der Waals surface area contributed by atoms with E-state index in [0.29, 0.717) is 5.69 Å². The van der Waals surface area contributed by atoms with Crippen LogP contribution in [0.1, 0.15) is 21.5 Å². The van der Waals surface area contributed by atoms with Gasteiger partial charge >= 0.3 is 12.0 Å². The van der Waals surface area contributed by atoms with E-state index in [-0.39, 0.29) is 15.7 Å². The predicted octanol–water partition coefficient (Wildman–Crippen LogP) is 3.51. The number of benzene rings is 1. The molecule has 0 atom stereocenters. The van der Waals surface area contributed by atoms with Gasteiger partial charge in [-0.1, -0.05) is 29.3 Å². The third-order valence-electron chi connectivity index (χ3n) is 3.38. The minimum atomic E-state index is -0.819. The molecule has 0 aliphatic rings. The quantitative estimate of drug-likeness (QED) is 0.609. The van der Waals surface area contributed by atoms with Gasteiger partial charge in [0.05, 0.1) is 10.6 Å². The van der Waals surface area contributed by atoms with Crippen LogP contribution in [0.2, 0.25) is 10.2 Å². The van der Waals surface area contributed by atoms with Gasteiger partial charge in [-0.25, -0.2) is 14.6 Å². The van der Waals surface area contributed by atoms with E-state index < -0.39 is 24.5 Å². The van der Waals surface area contributed by atoms with Gasteiger partial charge in [0.1, 0.15) is 5.15 Å². The van der Waals surface area contributed by atoms with Crippen LogP contribution in [0.3, 0.4) is 0 Å². The first-order valence-corrected chi connectivity index (χ1v) is 8.18. The van der Waals surface area contributed by atoms with Crippen molar-refractivity contribution in [2.75, 3.05) is 11.9 Å². The first-order chi connectivity index (χ1) is 12.3. The predicted molar refractivity (Wildman–Crippen MR) is 97.6 cm³/mol. The maximum atomic E-state index is 11.8. The average molecular weight is 396 g/mol. The van der Waals surface area contributed by atoms with Crippen LogP contribution in [-0.4, -0.2) is 29.5 Å². The summed E-state index contributed by atoms with van der Waals surface area (Å²) in [6.07, 6.45) is 1.17. The number of amides is 3. The molecule has 26 heavy (non-hydrogen) atoms. The highest BCUT2D eigenvalue weighted by atomic mass is 35.5. The molecule has 0 saturated heterocycles. The number of rotatable bonds is 4. The lowest BCUT2D eigenvalue weighted by molar-refractivity contribution is -0.123. The van der Waals surface area contributed by atoms with E-state index in [1.54, 1.807) is 12.1 Å². The minimum absolute atomic E-state index is 0.0341. The Bertz CT molecular complexity index is 871. The van der Waals surface area contributed by atoms with Crippen LogP contribution in [0.4, 0.5) is 10.5 Å². The highest BCUT2D eigenvalue weighted by molar-refractivity contribution is 6.41. The van der Waals surface area contributed by atoms with Crippen molar-refractivity contribution < 1.29 is 19.1 Å². The Labute approximate surface area is 159 Å². The molecule has 0 aliphatic carbocycles. The highest BCUT2D eigenvalue weighted by Crippen LogP contribution is 2.20. The molecule has 7 nitrogen and oxygen atoms in total. The molecule has 2 N–H and O–H groups in total. The van der Waals surface area contributed by atoms with Crippen LogP contribution in [0, 0.1) is 13.8 Å². The molecule has 1 heterocycles. The fraction of sp³-hybridized carbons (Fsp3) is 0.176. The molecule has 9 heteroatoms. The summed E-state index contributed by atoms with van der Waals surface area (Å²) in [6, 6.07) is 5.87. The van der Waals surface area contributed by atoms with Crippen molar-refractivity contribution in [2.24, 2.45) is 0 Å². The summed E-state index contributed by atoms with van der Waals surface area (Å²) >= 11 is 11.4. The number of nitrogens with one attached hydrogen (secondary N) is 2. The molecule has 2 rings (SSSR count). The van der Waals surface area contributed by atoms with Crippen molar-refractivity contribution in [3.63, 3.8) is 0 Å². The SMILES string of the molecule is Cc1ccc(NC(=O)NC(=O)COC(=O)c2cnc(Cl)c(Cl)c2)cc1C. The van der Waals surface area contributed by atoms with E-state index in [1.165, 1.54) is 12.3 Å². The maximum Gasteiger partial charge on any atom is 0.340 e. The third-order valence-corrected chi connectivity index (χ3v) is 4.07. The maximum absolute atomic E-state index is 11.8. The van der Waals surface area contributed by atoms with Crippen LogP contribution in [0.25, 0.3) is 0 Å². The summed E-state index contributed by atoms with van der Waals surface area (Å²) in [7, 11) is 0. The number of aromatic nitrogens is 1. The highest BCUT2D eigenvalue weighted by Gasteiger charge is 2.14. The van der Waals surface area contributed by atoms with Gasteiger partial charge in [-0.05, 0) is 43.2 Å². The number of nitrogens with zero attached hydrogens (tertiary/aromatic N) is 1. The summed E-state index contributed by atoms with van der Waals surface area (Å²) in [4.78, 5) is 39.0. The molecule has 0 saturated carbocycles. The van der Waals surface area contributed by atoms with Gasteiger partial charge < -0.3 is 10.1 Å². The molecular weight excluding hydrogens is 381 g/mol. The van der Waals surface area contributed by atoms with Crippen LogP contribution < -0.4 is 10.6 Å². The molecule has 1 aromatic heterocycles. The number of carbonyl (C=O) groups excluding carboxylic acids is 3. The van der Waals surface area contributed by atoms with Crippen molar-refractivity contribution in [3.05, 3.63) is 57.3 Å². The Morgan fingerprint density at radius 1 is 1.12 bits per heavy atom. The summed E-state index contributed by atoms with van der Waals surface area (Å²) in [5, 5.41) is 4.71. The zero-order valence-electron chi connectivity index (χ0n) is 13.9. The second-order valence-corrected chi connectivity index (χ2v) is 6.14. The number of urea groups is 1. The minimum Gasteiger partial charge on any atom is -0.452 e. The standard InChI is InChI=1S/C17H15Cl2N3O4/c1-9-3-4-12(5-10(9)2)21-17(25)22-14(23)8-26-16(24)11-6-13(18)15(19)20-7-11/h3-7H,8H2,1-2H3,(H2,21,22,23,25). The Morgan fingerprint density at radius 2 is 1.85 bits per heavy atom. The number of anilines is 1. The molecule has 136 valence electrons. The van der Waals surface area contributed by atoms with E-state index in [2.05, 4.69) is 15.6 Å². The molecule has 1 aromatic carbocycles. The normalized spacial score (nSPS) is 10.2. The van der Waals surface area contributed by atoms with E-state index in [4.69, 9.17) is 27.9 Å². The lowest BCUT2D eigenvalue weighted by Gasteiger charge is -2.09. The van der Waals surface area contributed by atoms with Gasteiger partial charge in [-0.15, -0.1) is 0 Å². The monoisotopic (exact) mass is 395 g/mol. The smallest absolute Gasteiger partial charge is 0.340 e. The summed E-state index contributed by atoms with van der Waals surface area (Å²) in [6.45, 7) is 3.21. The number of pyridine rings is 1. The van der Waals surface area contributed by atoms with Crippen molar-refractivity contribution in [2.45, 2.75) is 13.8 Å². The van der Waals surface area contributed by atoms with Crippen LogP contribution in [0.5, 0.6) is 0 Å². The van der Waals surface area contributed by atoms with Gasteiger partial charge in [0.25, 0.3) is 5.91 Å². The number of hydrogen-bond donors (Lipinski definition) is 2. The van der Waals surface area contributed by atoms with E-state index in [9.17, 15) is 14.4 Å². The lowest BCUT2D eigenvalue weighted by Crippen LogP contribution is -2.37. The van der Waals surface area contributed by atoms with Crippen molar-refractivity contribution >= 4 is 46.8 Å². The number of aryl methyl sites for hydroxylation is 2. The Morgan fingerprint density at radius 3 is 2.50 bits per heavy atom. The second-order valence-electron chi connectivity index (χ2n) is 5.37. The molecule has 0 radical (unpaired) electrons. The van der Waals surface area contributed by atoms with Gasteiger partial charge in [0.15, 0.2) is 6.61 Å². The molecule has 2 aromatic rings. The van der Waals surface area contributed by atoms with Crippen LogP contribution in [0.15, 0.2) is 30.5 Å². The van der Waals surface area contributed by atoms with Crippen molar-refractivity contribution in [1.82, 2.24) is 10.3 Å². The number of esters is 1. The Hall–Kier alpha value is -2.64. The van der Waals surface area contributed by atoms with Crippen molar-refractivity contribution in [3.8, 4) is 0 Å². The Balaban J connectivity index is 1.83. The Kier molecular flexibility index (Phi) is 6.54. The molecule has 0 fully saturated rings. The summed E-state index contributed by atoms with van der Waals surface area (Å²) in [5.41, 5.74) is 2.65. The van der Waals surface area contributed by atoms with Gasteiger partial charge in [0, 0.05) is 11.9 Å². The zero-order valence-corrected chi connectivity index (χ0v) is 15.4. The second kappa shape index (κ2) is 8.64. The number of ether oxygens (including phenoxy) is 1. The van der Waals surface area contributed by atoms with Gasteiger partial charge in [-0.2, -0.15) is 0 Å². The van der Waals surface area contributed by atoms with E-state index in [0.717, 1.165) is 11.1 Å². The fourth-order valence-corrected chi connectivity index (χ4v) is 2.16. The third kappa shape index (κ3) is 5.44. The zero-order chi connectivity index (χ0) is 19.3. The summed E-state index contributed by atoms with van der Waals surface area (Å²) in [5.74, 6) is -1.60. The fourth-order valence-electron chi connectivity index (χ4n) is 1.89. The topological polar surface area (TPSA) is 97.4 Å². The van der Waals surface area contributed by atoms with Crippen LogP contribution in [-0.2, 0) is 9.53 Å². The van der Waals surface area contributed by atoms with Crippen LogP contribution >= 0.6 is 23.2 Å². The first-order valence-electron chi connectivity index (χ1n) is 7.42. The molecule has 0 spiro atoms. The molecule has 0 aliphatic heterocycles. The van der Waals surface area contributed by atoms with Gasteiger partial charge in [0.2, 0.25) is 0 Å². The average Bonchev–Trinajstić information content (AvgIpc) is 2.58. The van der Waals surface area contributed by atoms with E-state index in [1.807, 2.05) is 19.9 Å². The number of imide groups is 1. The lowest BCUT2D eigenvalue weighted by atomic mass is 10.1. The first kappa shape index (κ1) is 19.7. The largest absolute Gasteiger partial charge is 0.452 e. The number of halogens is 2.